The zero-order valence-electron chi connectivity index (χ0n) is 23.7. The van der Waals surface area contributed by atoms with Crippen molar-refractivity contribution in [1.82, 2.24) is 0 Å². The van der Waals surface area contributed by atoms with Gasteiger partial charge in [0.05, 0.1) is 0 Å². The van der Waals surface area contributed by atoms with Crippen LogP contribution in [0.3, 0.4) is 0 Å². The largest absolute Gasteiger partial charge is 0.457 e. The topological polar surface area (TPSA) is 140 Å². The first-order valence-electron chi connectivity index (χ1n) is 13.9. The van der Waals surface area contributed by atoms with E-state index in [-0.39, 0.29) is 5.78 Å². The van der Waals surface area contributed by atoms with Crippen LogP contribution in [0.15, 0.2) is 133 Å². The second-order valence-electron chi connectivity index (χ2n) is 10.3. The smallest absolute Gasteiger partial charge is 0.194 e. The van der Waals surface area contributed by atoms with Crippen molar-refractivity contribution in [2.75, 3.05) is 22.9 Å². The number of rotatable bonds is 8. The highest BCUT2D eigenvalue weighted by Gasteiger charge is 2.20. The maximum Gasteiger partial charge on any atom is 0.194 e. The molecule has 0 fully saturated rings. The molecule has 0 unspecified atom stereocenters. The Kier molecular flexibility index (Phi) is 7.59. The van der Waals surface area contributed by atoms with Crippen molar-refractivity contribution in [2.45, 2.75) is 0 Å². The van der Waals surface area contributed by atoms with Gasteiger partial charge in [0.25, 0.3) is 0 Å². The molecule has 6 rings (SSSR count). The van der Waals surface area contributed by atoms with E-state index in [9.17, 15) is 4.79 Å². The van der Waals surface area contributed by atoms with E-state index in [0.29, 0.717) is 68.0 Å². The first-order valence-corrected chi connectivity index (χ1v) is 13.9. The molecule has 0 amide bonds. The van der Waals surface area contributed by atoms with Crippen LogP contribution in [-0.4, -0.2) is 5.78 Å². The summed E-state index contributed by atoms with van der Waals surface area (Å²) in [6.45, 7) is 0. The van der Waals surface area contributed by atoms with Gasteiger partial charge in [0.15, 0.2) is 5.78 Å². The highest BCUT2D eigenvalue weighted by Crippen LogP contribution is 2.35. The van der Waals surface area contributed by atoms with E-state index in [4.69, 9.17) is 32.4 Å². The van der Waals surface area contributed by atoms with Gasteiger partial charge < -0.3 is 32.4 Å². The molecule has 0 aromatic heterocycles. The van der Waals surface area contributed by atoms with Crippen molar-refractivity contribution in [1.29, 1.82) is 0 Å². The first kappa shape index (κ1) is 27.9. The lowest BCUT2D eigenvalue weighted by molar-refractivity contribution is 0.104. The molecule has 8 N–H and O–H groups in total. The third-order valence-electron chi connectivity index (χ3n) is 7.14. The maximum atomic E-state index is 14.2. The van der Waals surface area contributed by atoms with Crippen molar-refractivity contribution in [3.63, 3.8) is 0 Å². The standard InChI is InChI=1S/C37H30N4O3/c38-25-5-15-31(16-6-25)43-29-11-1-23(2-12-29)35-21-27(40)9-19-33(35)37(42)34-20-10-28(41)22-36(34)24-3-13-30(14-4-24)44-32-17-7-26(39)8-18-32/h1-22H,38-41H2. The van der Waals surface area contributed by atoms with Crippen molar-refractivity contribution in [3.8, 4) is 45.3 Å². The Labute approximate surface area is 255 Å². The normalized spacial score (nSPS) is 10.7. The molecule has 44 heavy (non-hydrogen) atoms. The van der Waals surface area contributed by atoms with Gasteiger partial charge in [-0.05, 0) is 131 Å². The van der Waals surface area contributed by atoms with Crippen molar-refractivity contribution in [3.05, 3.63) is 145 Å². The van der Waals surface area contributed by atoms with Crippen LogP contribution in [-0.2, 0) is 0 Å². The van der Waals surface area contributed by atoms with Gasteiger partial charge in [-0.2, -0.15) is 0 Å². The Hall–Kier alpha value is -6.21. The lowest BCUT2D eigenvalue weighted by atomic mass is 9.89. The number of hydrogen-bond donors (Lipinski definition) is 4. The quantitative estimate of drug-likeness (QED) is 0.105. The van der Waals surface area contributed by atoms with Crippen LogP contribution >= 0.6 is 0 Å². The molecule has 0 aliphatic heterocycles. The van der Waals surface area contributed by atoms with Gasteiger partial charge in [-0.25, -0.2) is 0 Å². The van der Waals surface area contributed by atoms with E-state index in [1.807, 2.05) is 84.9 Å². The SMILES string of the molecule is Nc1ccc(Oc2ccc(-c3cc(N)ccc3C(=O)c3ccc(N)cc3-c3ccc(Oc4ccc(N)cc4)cc3)cc2)cc1. The summed E-state index contributed by atoms with van der Waals surface area (Å²) in [5, 5.41) is 0. The monoisotopic (exact) mass is 578 g/mol. The molecular weight excluding hydrogens is 548 g/mol. The average molecular weight is 579 g/mol. The van der Waals surface area contributed by atoms with Crippen molar-refractivity contribution >= 4 is 28.5 Å². The van der Waals surface area contributed by atoms with Crippen LogP contribution in [0.2, 0.25) is 0 Å². The predicted molar refractivity (Wildman–Crippen MR) is 178 cm³/mol. The number of hydrogen-bond acceptors (Lipinski definition) is 7. The molecule has 216 valence electrons. The van der Waals surface area contributed by atoms with Gasteiger partial charge in [-0.1, -0.05) is 24.3 Å². The fourth-order valence-electron chi connectivity index (χ4n) is 4.89. The average Bonchev–Trinajstić information content (AvgIpc) is 3.04. The van der Waals surface area contributed by atoms with Gasteiger partial charge in [-0.3, -0.25) is 4.79 Å². The van der Waals surface area contributed by atoms with Crippen LogP contribution in [0, 0.1) is 0 Å². The molecule has 0 bridgehead atoms. The molecule has 0 saturated carbocycles. The van der Waals surface area contributed by atoms with Gasteiger partial charge in [-0.15, -0.1) is 0 Å². The maximum absolute atomic E-state index is 14.2. The summed E-state index contributed by atoms with van der Waals surface area (Å²) in [6, 6.07) is 40.0. The number of anilines is 4. The van der Waals surface area contributed by atoms with Crippen LogP contribution < -0.4 is 32.4 Å². The number of nitrogens with two attached hydrogens (primary N) is 4. The number of ketones is 1. The second-order valence-corrected chi connectivity index (χ2v) is 10.3. The zero-order chi connectivity index (χ0) is 30.6. The summed E-state index contributed by atoms with van der Waals surface area (Å²) in [4.78, 5) is 14.2. The lowest BCUT2D eigenvalue weighted by Crippen LogP contribution is -2.07. The summed E-state index contributed by atoms with van der Waals surface area (Å²) in [5.41, 5.74) is 30.4. The number of nitrogen functional groups attached to an aromatic ring is 4. The van der Waals surface area contributed by atoms with Gasteiger partial charge >= 0.3 is 0 Å². The van der Waals surface area contributed by atoms with E-state index in [0.717, 1.165) is 11.1 Å². The van der Waals surface area contributed by atoms with Crippen molar-refractivity contribution < 1.29 is 14.3 Å². The van der Waals surface area contributed by atoms with Gasteiger partial charge in [0.2, 0.25) is 0 Å². The summed E-state index contributed by atoms with van der Waals surface area (Å²) in [5.74, 6) is 2.50. The molecule has 0 aliphatic carbocycles. The summed E-state index contributed by atoms with van der Waals surface area (Å²) in [7, 11) is 0. The van der Waals surface area contributed by atoms with Gasteiger partial charge in [0, 0.05) is 33.9 Å². The Bertz CT molecular complexity index is 1790. The summed E-state index contributed by atoms with van der Waals surface area (Å²) < 4.78 is 11.9. The minimum absolute atomic E-state index is 0.153. The molecule has 6 aromatic rings. The van der Waals surface area contributed by atoms with E-state index in [1.165, 1.54) is 0 Å². The molecule has 0 aliphatic rings. The fourth-order valence-corrected chi connectivity index (χ4v) is 4.89. The minimum Gasteiger partial charge on any atom is -0.457 e. The molecule has 7 nitrogen and oxygen atoms in total. The van der Waals surface area contributed by atoms with E-state index in [2.05, 4.69) is 0 Å². The highest BCUT2D eigenvalue weighted by molar-refractivity contribution is 6.16. The molecular formula is C37H30N4O3. The molecule has 0 heterocycles. The van der Waals surface area contributed by atoms with Crippen molar-refractivity contribution in [2.24, 2.45) is 0 Å². The Morgan fingerprint density at radius 1 is 0.386 bits per heavy atom. The van der Waals surface area contributed by atoms with Crippen LogP contribution in [0.5, 0.6) is 23.0 Å². The van der Waals surface area contributed by atoms with E-state index < -0.39 is 0 Å². The molecule has 6 aromatic carbocycles. The van der Waals surface area contributed by atoms with E-state index in [1.54, 1.807) is 48.5 Å². The van der Waals surface area contributed by atoms with Crippen LogP contribution in [0.4, 0.5) is 22.7 Å². The Morgan fingerprint density at radius 3 is 1.02 bits per heavy atom. The van der Waals surface area contributed by atoms with Crippen LogP contribution in [0.25, 0.3) is 22.3 Å². The molecule has 7 heteroatoms. The number of carbonyl (C=O) groups is 1. The number of benzene rings is 6. The third-order valence-corrected chi connectivity index (χ3v) is 7.14. The number of ether oxygens (including phenoxy) is 2. The summed E-state index contributed by atoms with van der Waals surface area (Å²) in [6.07, 6.45) is 0. The first-order chi connectivity index (χ1) is 21.3. The zero-order valence-corrected chi connectivity index (χ0v) is 23.7. The second kappa shape index (κ2) is 12.0. The third kappa shape index (κ3) is 6.17. The lowest BCUT2D eigenvalue weighted by Gasteiger charge is -2.15. The Balaban J connectivity index is 1.30. The van der Waals surface area contributed by atoms with E-state index >= 15 is 0 Å². The molecule has 0 atom stereocenters. The van der Waals surface area contributed by atoms with Gasteiger partial charge in [0.1, 0.15) is 23.0 Å². The summed E-state index contributed by atoms with van der Waals surface area (Å²) >= 11 is 0. The Morgan fingerprint density at radius 2 is 0.682 bits per heavy atom. The minimum atomic E-state index is -0.153. The molecule has 0 saturated heterocycles. The molecule has 0 spiro atoms. The highest BCUT2D eigenvalue weighted by atomic mass is 16.5. The number of carbonyl (C=O) groups excluding carboxylic acids is 1. The fraction of sp³-hybridized carbons (Fsp3) is 0. The predicted octanol–water partition coefficient (Wildman–Crippen LogP) is 8.17. The molecule has 0 radical (unpaired) electrons. The van der Waals surface area contributed by atoms with Crippen LogP contribution in [0.1, 0.15) is 15.9 Å².